The van der Waals surface area contributed by atoms with Gasteiger partial charge < -0.3 is 10.2 Å². The van der Waals surface area contributed by atoms with Gasteiger partial charge in [-0.05, 0) is 49.4 Å². The first kappa shape index (κ1) is 17.0. The fourth-order valence-corrected chi connectivity index (χ4v) is 3.83. The summed E-state index contributed by atoms with van der Waals surface area (Å²) < 4.78 is 0. The molecule has 0 unspecified atom stereocenters. The summed E-state index contributed by atoms with van der Waals surface area (Å²) in [6.45, 7) is 1.72. The van der Waals surface area contributed by atoms with Crippen LogP contribution in [0.15, 0.2) is 24.3 Å². The van der Waals surface area contributed by atoms with Crippen LogP contribution in [0, 0.1) is 5.92 Å². The molecule has 1 N–H and O–H groups in total. The number of rotatable bonds is 5. The van der Waals surface area contributed by atoms with E-state index in [1.165, 1.54) is 32.1 Å². The van der Waals surface area contributed by atoms with Crippen molar-refractivity contribution in [3.8, 4) is 0 Å². The number of carbonyl (C=O) groups excluding carboxylic acids is 2. The number of hydrogen-bond donors (Lipinski definition) is 1. The van der Waals surface area contributed by atoms with Crippen LogP contribution in [0.4, 0.5) is 5.69 Å². The van der Waals surface area contributed by atoms with Gasteiger partial charge in [-0.25, -0.2) is 0 Å². The first-order valence-electron chi connectivity index (χ1n) is 9.41. The molecule has 0 aromatic heterocycles. The van der Waals surface area contributed by atoms with Gasteiger partial charge in [0.15, 0.2) is 0 Å². The molecule has 4 nitrogen and oxygen atoms in total. The van der Waals surface area contributed by atoms with E-state index in [9.17, 15) is 9.59 Å². The van der Waals surface area contributed by atoms with Gasteiger partial charge in [0, 0.05) is 30.8 Å². The Kier molecular flexibility index (Phi) is 5.89. The van der Waals surface area contributed by atoms with Crippen LogP contribution < -0.4 is 5.32 Å². The molecule has 2 amide bonds. The third kappa shape index (κ3) is 4.59. The van der Waals surface area contributed by atoms with Gasteiger partial charge in [-0.2, -0.15) is 0 Å². The number of likely N-dealkylation sites (tertiary alicyclic amines) is 1. The van der Waals surface area contributed by atoms with Crippen LogP contribution in [0.25, 0.3) is 0 Å². The van der Waals surface area contributed by atoms with Crippen LogP contribution in [0.5, 0.6) is 0 Å². The lowest BCUT2D eigenvalue weighted by Crippen LogP contribution is -2.27. The highest BCUT2D eigenvalue weighted by Gasteiger charge is 2.19. The molecule has 4 heteroatoms. The Balaban J connectivity index is 1.46. The summed E-state index contributed by atoms with van der Waals surface area (Å²) >= 11 is 0. The van der Waals surface area contributed by atoms with Gasteiger partial charge in [-0.1, -0.05) is 32.1 Å². The molecule has 0 atom stereocenters. The predicted molar refractivity (Wildman–Crippen MR) is 96.0 cm³/mol. The van der Waals surface area contributed by atoms with Crippen molar-refractivity contribution in [1.29, 1.82) is 0 Å². The Morgan fingerprint density at radius 3 is 2.29 bits per heavy atom. The topological polar surface area (TPSA) is 49.4 Å². The number of carbonyl (C=O) groups is 2. The SMILES string of the molecule is O=C(CCC1CCCCC1)Nc1ccc(C(=O)N2CCCC2)cc1. The van der Waals surface area contributed by atoms with Crippen molar-refractivity contribution in [3.63, 3.8) is 0 Å². The normalized spacial score (nSPS) is 18.6. The lowest BCUT2D eigenvalue weighted by atomic mass is 9.86. The van der Waals surface area contributed by atoms with Crippen molar-refractivity contribution >= 4 is 17.5 Å². The van der Waals surface area contributed by atoms with Crippen LogP contribution >= 0.6 is 0 Å². The molecular weight excluding hydrogens is 300 g/mol. The van der Waals surface area contributed by atoms with Gasteiger partial charge in [-0.15, -0.1) is 0 Å². The van der Waals surface area contributed by atoms with Gasteiger partial charge in [0.25, 0.3) is 5.91 Å². The molecule has 0 spiro atoms. The Morgan fingerprint density at radius 1 is 0.958 bits per heavy atom. The zero-order valence-corrected chi connectivity index (χ0v) is 14.4. The second-order valence-corrected chi connectivity index (χ2v) is 7.17. The molecule has 1 aromatic rings. The maximum absolute atomic E-state index is 12.3. The molecule has 1 heterocycles. The molecule has 24 heavy (non-hydrogen) atoms. The van der Waals surface area contributed by atoms with Gasteiger partial charge in [0.05, 0.1) is 0 Å². The minimum atomic E-state index is 0.0826. The average Bonchev–Trinajstić information content (AvgIpc) is 3.16. The van der Waals surface area contributed by atoms with Crippen molar-refractivity contribution in [2.45, 2.75) is 57.8 Å². The quantitative estimate of drug-likeness (QED) is 0.879. The summed E-state index contributed by atoms with van der Waals surface area (Å²) in [6.07, 6.45) is 10.3. The molecule has 1 aliphatic heterocycles. The summed E-state index contributed by atoms with van der Waals surface area (Å²) in [5.74, 6) is 0.909. The second-order valence-electron chi connectivity index (χ2n) is 7.17. The van der Waals surface area contributed by atoms with Crippen LogP contribution in [0.3, 0.4) is 0 Å². The Morgan fingerprint density at radius 2 is 1.62 bits per heavy atom. The molecule has 3 rings (SSSR count). The standard InChI is InChI=1S/C20H28N2O2/c23-19(13-8-16-6-2-1-3-7-16)21-18-11-9-17(10-12-18)20(24)22-14-4-5-15-22/h9-12,16H,1-8,13-15H2,(H,21,23). The average molecular weight is 328 g/mol. The Bertz CT molecular complexity index is 556. The smallest absolute Gasteiger partial charge is 0.253 e. The van der Waals surface area contributed by atoms with Crippen LogP contribution in [-0.2, 0) is 4.79 Å². The van der Waals surface area contributed by atoms with E-state index < -0.39 is 0 Å². The molecule has 2 aliphatic rings. The van der Waals surface area contributed by atoms with E-state index in [1.54, 1.807) is 0 Å². The monoisotopic (exact) mass is 328 g/mol. The number of nitrogens with zero attached hydrogens (tertiary/aromatic N) is 1. The first-order chi connectivity index (χ1) is 11.7. The summed E-state index contributed by atoms with van der Waals surface area (Å²) in [6, 6.07) is 7.30. The van der Waals surface area contributed by atoms with Crippen molar-refractivity contribution in [3.05, 3.63) is 29.8 Å². The second kappa shape index (κ2) is 8.32. The Labute approximate surface area is 144 Å². The van der Waals surface area contributed by atoms with Crippen molar-refractivity contribution in [1.82, 2.24) is 4.90 Å². The van der Waals surface area contributed by atoms with Crippen LogP contribution in [0.1, 0.15) is 68.1 Å². The molecule has 1 saturated carbocycles. The minimum Gasteiger partial charge on any atom is -0.339 e. The summed E-state index contributed by atoms with van der Waals surface area (Å²) in [7, 11) is 0. The molecular formula is C20H28N2O2. The van der Waals surface area contributed by atoms with Gasteiger partial charge in [0.2, 0.25) is 5.91 Å². The summed E-state index contributed by atoms with van der Waals surface area (Å²) in [4.78, 5) is 26.3. The number of nitrogens with one attached hydrogen (secondary N) is 1. The van der Waals surface area contributed by atoms with E-state index in [1.807, 2.05) is 29.2 Å². The molecule has 1 aromatic carbocycles. The molecule has 0 bridgehead atoms. The maximum Gasteiger partial charge on any atom is 0.253 e. The van der Waals surface area contributed by atoms with E-state index in [0.717, 1.165) is 44.0 Å². The summed E-state index contributed by atoms with van der Waals surface area (Å²) in [5.41, 5.74) is 1.48. The zero-order valence-electron chi connectivity index (χ0n) is 14.4. The largest absolute Gasteiger partial charge is 0.339 e. The lowest BCUT2D eigenvalue weighted by molar-refractivity contribution is -0.116. The highest BCUT2D eigenvalue weighted by molar-refractivity contribution is 5.96. The zero-order chi connectivity index (χ0) is 16.8. The van der Waals surface area contributed by atoms with Crippen LogP contribution in [-0.4, -0.2) is 29.8 Å². The number of amides is 2. The van der Waals surface area contributed by atoms with E-state index >= 15 is 0 Å². The van der Waals surface area contributed by atoms with E-state index in [-0.39, 0.29) is 11.8 Å². The number of hydrogen-bond acceptors (Lipinski definition) is 2. The molecule has 1 saturated heterocycles. The molecule has 1 aliphatic carbocycles. The highest BCUT2D eigenvalue weighted by atomic mass is 16.2. The predicted octanol–water partition coefficient (Wildman–Crippen LogP) is 4.22. The van der Waals surface area contributed by atoms with Crippen molar-refractivity contribution < 1.29 is 9.59 Å². The highest BCUT2D eigenvalue weighted by Crippen LogP contribution is 2.27. The third-order valence-electron chi connectivity index (χ3n) is 5.31. The van der Waals surface area contributed by atoms with Gasteiger partial charge in [-0.3, -0.25) is 9.59 Å². The summed E-state index contributed by atoms with van der Waals surface area (Å²) in [5, 5.41) is 2.95. The van der Waals surface area contributed by atoms with Gasteiger partial charge in [0.1, 0.15) is 0 Å². The first-order valence-corrected chi connectivity index (χ1v) is 9.41. The fraction of sp³-hybridized carbons (Fsp3) is 0.600. The van der Waals surface area contributed by atoms with E-state index in [4.69, 9.17) is 0 Å². The number of anilines is 1. The molecule has 0 radical (unpaired) electrons. The minimum absolute atomic E-state index is 0.0826. The molecule has 130 valence electrons. The van der Waals surface area contributed by atoms with Crippen molar-refractivity contribution in [2.24, 2.45) is 5.92 Å². The maximum atomic E-state index is 12.3. The lowest BCUT2D eigenvalue weighted by Gasteiger charge is -2.21. The number of benzene rings is 1. The van der Waals surface area contributed by atoms with Gasteiger partial charge >= 0.3 is 0 Å². The molecule has 2 fully saturated rings. The Hall–Kier alpha value is -1.84. The van der Waals surface area contributed by atoms with E-state index in [2.05, 4.69) is 5.32 Å². The van der Waals surface area contributed by atoms with Crippen LogP contribution in [0.2, 0.25) is 0 Å². The van der Waals surface area contributed by atoms with E-state index in [0.29, 0.717) is 12.0 Å². The fourth-order valence-electron chi connectivity index (χ4n) is 3.83. The third-order valence-corrected chi connectivity index (χ3v) is 5.31. The van der Waals surface area contributed by atoms with Crippen molar-refractivity contribution in [2.75, 3.05) is 18.4 Å².